The largest absolute Gasteiger partial charge is 0.389 e. The van der Waals surface area contributed by atoms with Gasteiger partial charge in [0.1, 0.15) is 0 Å². The second kappa shape index (κ2) is 4.17. The summed E-state index contributed by atoms with van der Waals surface area (Å²) in [4.78, 5) is 0. The first-order valence-electron chi connectivity index (χ1n) is 4.14. The Balaban J connectivity index is 2.42. The second-order valence-corrected chi connectivity index (χ2v) is 4.36. The van der Waals surface area contributed by atoms with Crippen LogP contribution in [0, 0.1) is 5.92 Å². The van der Waals surface area contributed by atoms with Crippen LogP contribution >= 0.6 is 11.8 Å². The maximum absolute atomic E-state index is 9.21. The van der Waals surface area contributed by atoms with Gasteiger partial charge in [0.15, 0.2) is 0 Å². The van der Waals surface area contributed by atoms with Crippen LogP contribution in [0.4, 0.5) is 0 Å². The first-order chi connectivity index (χ1) is 5.20. The van der Waals surface area contributed by atoms with Gasteiger partial charge in [0.25, 0.3) is 0 Å². The predicted octanol–water partition coefficient (Wildman–Crippen LogP) is 2.07. The van der Waals surface area contributed by atoms with Crippen molar-refractivity contribution in [2.45, 2.75) is 26.4 Å². The van der Waals surface area contributed by atoms with E-state index < -0.39 is 0 Å². The van der Waals surface area contributed by atoms with Gasteiger partial charge in [-0.05, 0) is 43.3 Å². The highest BCUT2D eigenvalue weighted by Gasteiger charge is 2.13. The van der Waals surface area contributed by atoms with Crippen LogP contribution in [0.2, 0.25) is 0 Å². The molecule has 1 fully saturated rings. The standard InChI is InChI=1S/C9H16OS/c1-7(8(2)10)5-9-3-4-11-6-9/h5,8-10H,3-4,6H2,1-2H3. The molecule has 0 saturated carbocycles. The lowest BCUT2D eigenvalue weighted by molar-refractivity contribution is 0.230. The van der Waals surface area contributed by atoms with Gasteiger partial charge >= 0.3 is 0 Å². The highest BCUT2D eigenvalue weighted by molar-refractivity contribution is 7.99. The third-order valence-electron chi connectivity index (χ3n) is 2.12. The zero-order chi connectivity index (χ0) is 8.27. The highest BCUT2D eigenvalue weighted by Crippen LogP contribution is 2.25. The van der Waals surface area contributed by atoms with Crippen molar-refractivity contribution < 1.29 is 5.11 Å². The van der Waals surface area contributed by atoms with Crippen LogP contribution in [0.1, 0.15) is 20.3 Å². The molecule has 1 nitrogen and oxygen atoms in total. The summed E-state index contributed by atoms with van der Waals surface area (Å²) in [6, 6.07) is 0. The number of aliphatic hydroxyl groups excluding tert-OH is 1. The summed E-state index contributed by atoms with van der Waals surface area (Å²) in [5.74, 6) is 3.24. The molecule has 0 amide bonds. The minimum absolute atomic E-state index is 0.263. The fraction of sp³-hybridized carbons (Fsp3) is 0.778. The van der Waals surface area contributed by atoms with Crippen LogP contribution in [-0.4, -0.2) is 22.7 Å². The van der Waals surface area contributed by atoms with Gasteiger partial charge in [-0.1, -0.05) is 6.08 Å². The summed E-state index contributed by atoms with van der Waals surface area (Å²) < 4.78 is 0. The van der Waals surface area contributed by atoms with Crippen molar-refractivity contribution >= 4 is 11.8 Å². The summed E-state index contributed by atoms with van der Waals surface area (Å²) in [6.45, 7) is 3.83. The van der Waals surface area contributed by atoms with Gasteiger partial charge in [0.05, 0.1) is 6.10 Å². The van der Waals surface area contributed by atoms with Gasteiger partial charge in [-0.3, -0.25) is 0 Å². The van der Waals surface area contributed by atoms with Gasteiger partial charge in [0, 0.05) is 0 Å². The van der Waals surface area contributed by atoms with Crippen molar-refractivity contribution in [1.82, 2.24) is 0 Å². The lowest BCUT2D eigenvalue weighted by Crippen LogP contribution is -2.04. The molecule has 64 valence electrons. The van der Waals surface area contributed by atoms with E-state index in [0.29, 0.717) is 0 Å². The van der Waals surface area contributed by atoms with E-state index in [1.165, 1.54) is 17.9 Å². The monoisotopic (exact) mass is 172 g/mol. The molecule has 1 aliphatic heterocycles. The number of allylic oxidation sites excluding steroid dienone is 1. The molecule has 2 atom stereocenters. The third kappa shape index (κ3) is 2.88. The Morgan fingerprint density at radius 2 is 2.45 bits per heavy atom. The van der Waals surface area contributed by atoms with E-state index in [1.54, 1.807) is 0 Å². The lowest BCUT2D eigenvalue weighted by Gasteiger charge is -2.07. The van der Waals surface area contributed by atoms with E-state index in [1.807, 2.05) is 25.6 Å². The van der Waals surface area contributed by atoms with Crippen molar-refractivity contribution in [2.75, 3.05) is 11.5 Å². The average molecular weight is 172 g/mol. The van der Waals surface area contributed by atoms with Crippen molar-refractivity contribution in [3.8, 4) is 0 Å². The lowest BCUT2D eigenvalue weighted by atomic mass is 10.0. The molecule has 1 N–H and O–H groups in total. The molecule has 11 heavy (non-hydrogen) atoms. The molecule has 0 aliphatic carbocycles. The molecule has 0 spiro atoms. The molecule has 0 aromatic carbocycles. The summed E-state index contributed by atoms with van der Waals surface area (Å²) in [6.07, 6.45) is 3.25. The predicted molar refractivity (Wildman–Crippen MR) is 50.9 cm³/mol. The van der Waals surface area contributed by atoms with Gasteiger partial charge in [-0.15, -0.1) is 0 Å². The van der Waals surface area contributed by atoms with E-state index in [4.69, 9.17) is 0 Å². The van der Waals surface area contributed by atoms with E-state index >= 15 is 0 Å². The van der Waals surface area contributed by atoms with Crippen LogP contribution in [0.15, 0.2) is 11.6 Å². The second-order valence-electron chi connectivity index (χ2n) is 3.21. The molecule has 1 aliphatic rings. The summed E-state index contributed by atoms with van der Waals surface area (Å²) in [5.41, 5.74) is 1.12. The zero-order valence-corrected chi connectivity index (χ0v) is 8.03. The number of rotatable bonds is 2. The van der Waals surface area contributed by atoms with Gasteiger partial charge in [0.2, 0.25) is 0 Å². The molecule has 1 saturated heterocycles. The first-order valence-corrected chi connectivity index (χ1v) is 5.29. The summed E-state index contributed by atoms with van der Waals surface area (Å²) in [7, 11) is 0. The molecule has 0 radical (unpaired) electrons. The van der Waals surface area contributed by atoms with Gasteiger partial charge in [-0.2, -0.15) is 11.8 Å². The van der Waals surface area contributed by atoms with E-state index in [9.17, 15) is 5.11 Å². The number of thioether (sulfide) groups is 1. The third-order valence-corrected chi connectivity index (χ3v) is 3.31. The highest BCUT2D eigenvalue weighted by atomic mass is 32.2. The average Bonchev–Trinajstić information content (AvgIpc) is 2.39. The van der Waals surface area contributed by atoms with E-state index in [-0.39, 0.29) is 6.10 Å². The van der Waals surface area contributed by atoms with Crippen molar-refractivity contribution in [1.29, 1.82) is 0 Å². The van der Waals surface area contributed by atoms with Crippen molar-refractivity contribution in [3.63, 3.8) is 0 Å². The molecular weight excluding hydrogens is 156 g/mol. The number of hydrogen-bond acceptors (Lipinski definition) is 2. The summed E-state index contributed by atoms with van der Waals surface area (Å²) in [5, 5.41) is 9.21. The first kappa shape index (κ1) is 9.14. The van der Waals surface area contributed by atoms with Gasteiger partial charge < -0.3 is 5.11 Å². The Kier molecular flexibility index (Phi) is 3.46. The molecule has 1 rings (SSSR count). The minimum atomic E-state index is -0.263. The van der Waals surface area contributed by atoms with Crippen LogP contribution in [0.25, 0.3) is 0 Å². The topological polar surface area (TPSA) is 20.2 Å². The Morgan fingerprint density at radius 3 is 2.91 bits per heavy atom. The zero-order valence-electron chi connectivity index (χ0n) is 7.21. The van der Waals surface area contributed by atoms with Crippen LogP contribution in [0.5, 0.6) is 0 Å². The number of hydrogen-bond donors (Lipinski definition) is 1. The Bertz CT molecular complexity index is 146. The quantitative estimate of drug-likeness (QED) is 0.643. The molecule has 2 heteroatoms. The van der Waals surface area contributed by atoms with E-state index in [2.05, 4.69) is 6.08 Å². The molecule has 0 bridgehead atoms. The Labute approximate surface area is 72.9 Å². The molecule has 0 aromatic rings. The van der Waals surface area contributed by atoms with Crippen LogP contribution in [-0.2, 0) is 0 Å². The van der Waals surface area contributed by atoms with Crippen LogP contribution < -0.4 is 0 Å². The minimum Gasteiger partial charge on any atom is -0.389 e. The number of aliphatic hydroxyl groups is 1. The normalized spacial score (nSPS) is 29.0. The smallest absolute Gasteiger partial charge is 0.0719 e. The fourth-order valence-corrected chi connectivity index (χ4v) is 2.40. The SMILES string of the molecule is CC(=CC1CCSC1)C(C)O. The van der Waals surface area contributed by atoms with Crippen molar-refractivity contribution in [3.05, 3.63) is 11.6 Å². The molecule has 0 aromatic heterocycles. The maximum atomic E-state index is 9.21. The van der Waals surface area contributed by atoms with Crippen molar-refractivity contribution in [2.24, 2.45) is 5.92 Å². The van der Waals surface area contributed by atoms with E-state index in [0.717, 1.165) is 11.5 Å². The molecular formula is C9H16OS. The Morgan fingerprint density at radius 1 is 1.73 bits per heavy atom. The van der Waals surface area contributed by atoms with Crippen LogP contribution in [0.3, 0.4) is 0 Å². The van der Waals surface area contributed by atoms with Gasteiger partial charge in [-0.25, -0.2) is 0 Å². The fourth-order valence-electron chi connectivity index (χ4n) is 1.20. The molecule has 1 heterocycles. The Hall–Kier alpha value is 0.0500. The molecule has 2 unspecified atom stereocenters. The maximum Gasteiger partial charge on any atom is 0.0719 e. The summed E-state index contributed by atoms with van der Waals surface area (Å²) >= 11 is 2.01.